The molecular weight excluding hydrogens is 282 g/mol. The number of amides is 2. The van der Waals surface area contributed by atoms with Gasteiger partial charge in [-0.05, 0) is 25.0 Å². The average molecular weight is 305 g/mol. The second-order valence-electron chi connectivity index (χ2n) is 5.73. The highest BCUT2D eigenvalue weighted by Crippen LogP contribution is 2.20. The molecule has 1 aliphatic heterocycles. The van der Waals surface area contributed by atoms with Crippen molar-refractivity contribution in [1.82, 2.24) is 9.80 Å². The number of para-hydroxylation sites is 1. The molecule has 0 saturated carbocycles. The standard InChI is InChI=1S/C16H23N3O3/c1-18(2)15(21)10-17-14-8-4-3-7-13(14)16(22)19-9-5-6-12(20)11-19/h3-4,7-8,12,17,20H,5-6,9-11H2,1-2H3/t12-/m0/s1. The minimum Gasteiger partial charge on any atom is -0.391 e. The van der Waals surface area contributed by atoms with Gasteiger partial charge >= 0.3 is 0 Å². The van der Waals surface area contributed by atoms with Crippen molar-refractivity contribution in [3.05, 3.63) is 29.8 Å². The summed E-state index contributed by atoms with van der Waals surface area (Å²) in [4.78, 5) is 27.5. The maximum absolute atomic E-state index is 12.6. The summed E-state index contributed by atoms with van der Waals surface area (Å²) < 4.78 is 0. The monoisotopic (exact) mass is 305 g/mol. The van der Waals surface area contributed by atoms with Crippen LogP contribution in [0.4, 0.5) is 5.69 Å². The third kappa shape index (κ3) is 3.98. The number of piperidine rings is 1. The Hall–Kier alpha value is -2.08. The number of nitrogens with one attached hydrogen (secondary N) is 1. The molecule has 0 aliphatic carbocycles. The van der Waals surface area contributed by atoms with Crippen LogP contribution in [0.3, 0.4) is 0 Å². The minimum atomic E-state index is -0.451. The molecule has 6 nitrogen and oxygen atoms in total. The lowest BCUT2D eigenvalue weighted by molar-refractivity contribution is -0.126. The number of aliphatic hydroxyl groups excluding tert-OH is 1. The second-order valence-corrected chi connectivity index (χ2v) is 5.73. The van der Waals surface area contributed by atoms with Crippen LogP contribution in [-0.2, 0) is 4.79 Å². The highest BCUT2D eigenvalue weighted by atomic mass is 16.3. The minimum absolute atomic E-state index is 0.0596. The summed E-state index contributed by atoms with van der Waals surface area (Å²) in [6.07, 6.45) is 1.09. The van der Waals surface area contributed by atoms with Crippen LogP contribution in [0.1, 0.15) is 23.2 Å². The Balaban J connectivity index is 2.10. The third-order valence-electron chi connectivity index (χ3n) is 3.77. The Morgan fingerprint density at radius 3 is 2.77 bits per heavy atom. The summed E-state index contributed by atoms with van der Waals surface area (Å²) >= 11 is 0. The van der Waals surface area contributed by atoms with Crippen molar-refractivity contribution in [2.75, 3.05) is 39.0 Å². The van der Waals surface area contributed by atoms with Crippen molar-refractivity contribution in [3.63, 3.8) is 0 Å². The number of nitrogens with zero attached hydrogens (tertiary/aromatic N) is 2. The third-order valence-corrected chi connectivity index (χ3v) is 3.77. The Morgan fingerprint density at radius 2 is 2.09 bits per heavy atom. The van der Waals surface area contributed by atoms with Crippen LogP contribution in [0.15, 0.2) is 24.3 Å². The van der Waals surface area contributed by atoms with Gasteiger partial charge in [0.1, 0.15) is 0 Å². The van der Waals surface area contributed by atoms with Crippen LogP contribution in [0, 0.1) is 0 Å². The lowest BCUT2D eigenvalue weighted by atomic mass is 10.1. The highest BCUT2D eigenvalue weighted by molar-refractivity contribution is 6.00. The number of hydrogen-bond donors (Lipinski definition) is 2. The van der Waals surface area contributed by atoms with Crippen LogP contribution in [0.2, 0.25) is 0 Å². The lowest BCUT2D eigenvalue weighted by Gasteiger charge is -2.30. The van der Waals surface area contributed by atoms with Crippen molar-refractivity contribution in [2.45, 2.75) is 18.9 Å². The molecule has 1 aliphatic rings. The second kappa shape index (κ2) is 7.26. The van der Waals surface area contributed by atoms with Crippen molar-refractivity contribution >= 4 is 17.5 Å². The number of likely N-dealkylation sites (N-methyl/N-ethyl adjacent to an activating group) is 1. The van der Waals surface area contributed by atoms with E-state index in [1.807, 2.05) is 6.07 Å². The van der Waals surface area contributed by atoms with E-state index in [1.54, 1.807) is 37.2 Å². The molecule has 0 radical (unpaired) electrons. The number of hydrogen-bond acceptors (Lipinski definition) is 4. The highest BCUT2D eigenvalue weighted by Gasteiger charge is 2.24. The Labute approximate surface area is 130 Å². The summed E-state index contributed by atoms with van der Waals surface area (Å²) in [5, 5.41) is 12.7. The van der Waals surface area contributed by atoms with Crippen molar-refractivity contribution in [1.29, 1.82) is 0 Å². The van der Waals surface area contributed by atoms with E-state index < -0.39 is 6.10 Å². The average Bonchev–Trinajstić information content (AvgIpc) is 2.52. The topological polar surface area (TPSA) is 72.9 Å². The zero-order valence-electron chi connectivity index (χ0n) is 13.1. The zero-order chi connectivity index (χ0) is 16.1. The van der Waals surface area contributed by atoms with Crippen molar-refractivity contribution in [2.24, 2.45) is 0 Å². The first kappa shape index (κ1) is 16.3. The Kier molecular flexibility index (Phi) is 5.38. The molecule has 1 fully saturated rings. The number of rotatable bonds is 4. The van der Waals surface area contributed by atoms with Gasteiger partial charge in [-0.1, -0.05) is 12.1 Å². The van der Waals surface area contributed by atoms with Crippen molar-refractivity contribution < 1.29 is 14.7 Å². The lowest BCUT2D eigenvalue weighted by Crippen LogP contribution is -2.42. The number of benzene rings is 1. The molecule has 1 aromatic rings. The van der Waals surface area contributed by atoms with Crippen molar-refractivity contribution in [3.8, 4) is 0 Å². The summed E-state index contributed by atoms with van der Waals surface area (Å²) in [7, 11) is 3.38. The molecule has 6 heteroatoms. The van der Waals surface area contributed by atoms with Gasteiger partial charge in [-0.3, -0.25) is 9.59 Å². The molecule has 0 spiro atoms. The van der Waals surface area contributed by atoms with Gasteiger partial charge in [0.05, 0.1) is 18.2 Å². The van der Waals surface area contributed by atoms with Gasteiger partial charge < -0.3 is 20.2 Å². The summed E-state index contributed by atoms with van der Waals surface area (Å²) in [5.41, 5.74) is 1.17. The molecule has 1 atom stereocenters. The SMILES string of the molecule is CN(C)C(=O)CNc1ccccc1C(=O)N1CCC[C@H](O)C1. The molecule has 120 valence electrons. The quantitative estimate of drug-likeness (QED) is 0.862. The van der Waals surface area contributed by atoms with Crippen LogP contribution >= 0.6 is 0 Å². The number of aliphatic hydroxyl groups is 1. The maximum atomic E-state index is 12.6. The molecule has 0 aromatic heterocycles. The van der Waals surface area contributed by atoms with Gasteiger partial charge in [0.25, 0.3) is 5.91 Å². The first-order chi connectivity index (χ1) is 10.5. The Bertz CT molecular complexity index is 545. The zero-order valence-corrected chi connectivity index (χ0v) is 13.1. The molecule has 2 rings (SSSR count). The van der Waals surface area contributed by atoms with E-state index in [4.69, 9.17) is 0 Å². The van der Waals surface area contributed by atoms with Gasteiger partial charge in [-0.25, -0.2) is 0 Å². The molecule has 1 heterocycles. The van der Waals surface area contributed by atoms with E-state index in [1.165, 1.54) is 4.90 Å². The van der Waals surface area contributed by atoms with Gasteiger partial charge in [0, 0.05) is 32.9 Å². The molecule has 1 aromatic carbocycles. The van der Waals surface area contributed by atoms with E-state index in [9.17, 15) is 14.7 Å². The van der Waals surface area contributed by atoms with E-state index in [0.29, 0.717) is 24.3 Å². The number of β-amino-alcohol motifs (C(OH)–C–C–N with tert-alkyl or cyclic N) is 1. The molecular formula is C16H23N3O3. The smallest absolute Gasteiger partial charge is 0.256 e. The predicted octanol–water partition coefficient (Wildman–Crippen LogP) is 0.784. The molecule has 1 saturated heterocycles. The van der Waals surface area contributed by atoms with Gasteiger partial charge in [0.2, 0.25) is 5.91 Å². The summed E-state index contributed by atoms with van der Waals surface area (Å²) in [6, 6.07) is 7.15. The first-order valence-corrected chi connectivity index (χ1v) is 7.49. The predicted molar refractivity (Wildman–Crippen MR) is 84.8 cm³/mol. The van der Waals surface area contributed by atoms with Crippen LogP contribution in [0.25, 0.3) is 0 Å². The molecule has 2 N–H and O–H groups in total. The summed E-state index contributed by atoms with van der Waals surface area (Å²) in [5.74, 6) is -0.171. The van der Waals surface area contributed by atoms with Gasteiger partial charge in [-0.15, -0.1) is 0 Å². The largest absolute Gasteiger partial charge is 0.391 e. The van der Waals surface area contributed by atoms with E-state index in [2.05, 4.69) is 5.32 Å². The van der Waals surface area contributed by atoms with E-state index in [-0.39, 0.29) is 18.4 Å². The fourth-order valence-corrected chi connectivity index (χ4v) is 2.46. The molecule has 0 bridgehead atoms. The van der Waals surface area contributed by atoms with E-state index in [0.717, 1.165) is 12.8 Å². The van der Waals surface area contributed by atoms with Crippen LogP contribution in [0.5, 0.6) is 0 Å². The van der Waals surface area contributed by atoms with Crippen LogP contribution in [-0.4, -0.2) is 66.6 Å². The van der Waals surface area contributed by atoms with Gasteiger partial charge in [-0.2, -0.15) is 0 Å². The first-order valence-electron chi connectivity index (χ1n) is 7.49. The number of carbonyl (C=O) groups is 2. The molecule has 0 unspecified atom stereocenters. The number of likely N-dealkylation sites (tertiary alicyclic amines) is 1. The van der Waals surface area contributed by atoms with Gasteiger partial charge in [0.15, 0.2) is 0 Å². The normalized spacial score (nSPS) is 18.0. The summed E-state index contributed by atoms with van der Waals surface area (Å²) in [6.45, 7) is 1.16. The fraction of sp³-hybridized carbons (Fsp3) is 0.500. The number of anilines is 1. The molecule has 2 amide bonds. The maximum Gasteiger partial charge on any atom is 0.256 e. The fourth-order valence-electron chi connectivity index (χ4n) is 2.46. The molecule has 22 heavy (non-hydrogen) atoms. The number of carbonyl (C=O) groups excluding carboxylic acids is 2. The Morgan fingerprint density at radius 1 is 1.36 bits per heavy atom. The van der Waals surface area contributed by atoms with E-state index >= 15 is 0 Å². The van der Waals surface area contributed by atoms with Crippen LogP contribution < -0.4 is 5.32 Å².